The molecule has 120 valence electrons. The molecule has 0 radical (unpaired) electrons. The monoisotopic (exact) mass is 312 g/mol. The highest BCUT2D eigenvalue weighted by Gasteiger charge is 2.14. The highest BCUT2D eigenvalue weighted by molar-refractivity contribution is 5.95. The molecule has 0 unspecified atom stereocenters. The summed E-state index contributed by atoms with van der Waals surface area (Å²) in [5.41, 5.74) is 4.48. The van der Waals surface area contributed by atoms with Crippen LogP contribution in [-0.2, 0) is 5.41 Å². The van der Waals surface area contributed by atoms with Crippen molar-refractivity contribution in [2.45, 2.75) is 26.2 Å². The molecule has 0 aromatic heterocycles. The Bertz CT molecular complexity index is 729. The lowest BCUT2D eigenvalue weighted by Crippen LogP contribution is -2.18. The number of benzene rings is 2. The van der Waals surface area contributed by atoms with Gasteiger partial charge in [-0.3, -0.25) is 4.79 Å². The number of amides is 1. The third kappa shape index (κ3) is 4.32. The van der Waals surface area contributed by atoms with E-state index in [0.29, 0.717) is 11.1 Å². The molecule has 0 heterocycles. The average molecular weight is 312 g/mol. The van der Waals surface area contributed by atoms with Crippen molar-refractivity contribution in [2.24, 2.45) is 5.10 Å². The van der Waals surface area contributed by atoms with E-state index >= 15 is 0 Å². The van der Waals surface area contributed by atoms with E-state index in [9.17, 15) is 15.0 Å². The van der Waals surface area contributed by atoms with E-state index in [0.717, 1.165) is 5.56 Å². The Morgan fingerprint density at radius 1 is 1.09 bits per heavy atom. The molecule has 2 aromatic rings. The van der Waals surface area contributed by atoms with Crippen LogP contribution in [0.2, 0.25) is 0 Å². The van der Waals surface area contributed by atoms with Crippen LogP contribution >= 0.6 is 0 Å². The molecule has 0 atom stereocenters. The summed E-state index contributed by atoms with van der Waals surface area (Å²) in [6, 6.07) is 11.5. The number of carbonyl (C=O) groups excluding carboxylic acids is 1. The Labute approximate surface area is 135 Å². The van der Waals surface area contributed by atoms with Gasteiger partial charge in [-0.15, -0.1) is 0 Å². The van der Waals surface area contributed by atoms with Gasteiger partial charge in [-0.05, 0) is 35.2 Å². The highest BCUT2D eigenvalue weighted by Crippen LogP contribution is 2.22. The number of carbonyl (C=O) groups is 1. The van der Waals surface area contributed by atoms with Gasteiger partial charge in [0.15, 0.2) is 0 Å². The summed E-state index contributed by atoms with van der Waals surface area (Å²) >= 11 is 0. The van der Waals surface area contributed by atoms with Crippen molar-refractivity contribution in [3.8, 4) is 11.5 Å². The number of phenolic OH excluding ortho intramolecular Hbond substituents is 2. The average Bonchev–Trinajstić information content (AvgIpc) is 2.48. The van der Waals surface area contributed by atoms with E-state index in [1.165, 1.54) is 24.4 Å². The molecule has 0 aliphatic heterocycles. The van der Waals surface area contributed by atoms with Crippen molar-refractivity contribution < 1.29 is 15.0 Å². The van der Waals surface area contributed by atoms with Gasteiger partial charge in [0.05, 0.1) is 6.21 Å². The molecular weight excluding hydrogens is 292 g/mol. The fourth-order valence-corrected chi connectivity index (χ4v) is 1.99. The molecule has 5 nitrogen and oxygen atoms in total. The van der Waals surface area contributed by atoms with E-state index in [1.54, 1.807) is 12.1 Å². The Morgan fingerprint density at radius 2 is 1.74 bits per heavy atom. The summed E-state index contributed by atoms with van der Waals surface area (Å²) in [5, 5.41) is 22.6. The van der Waals surface area contributed by atoms with E-state index in [4.69, 9.17) is 0 Å². The lowest BCUT2D eigenvalue weighted by Gasteiger charge is -2.18. The first-order chi connectivity index (χ1) is 10.8. The van der Waals surface area contributed by atoms with Crippen LogP contribution < -0.4 is 5.43 Å². The van der Waals surface area contributed by atoms with Gasteiger partial charge in [0.2, 0.25) is 0 Å². The predicted octanol–water partition coefficient (Wildman–Crippen LogP) is 3.16. The van der Waals surface area contributed by atoms with Crippen LogP contribution in [0.25, 0.3) is 0 Å². The summed E-state index contributed by atoms with van der Waals surface area (Å²) in [5.74, 6) is -0.486. The van der Waals surface area contributed by atoms with Crippen molar-refractivity contribution in [1.29, 1.82) is 0 Å². The van der Waals surface area contributed by atoms with Gasteiger partial charge < -0.3 is 10.2 Å². The zero-order valence-corrected chi connectivity index (χ0v) is 13.4. The van der Waals surface area contributed by atoms with E-state index in [1.807, 2.05) is 12.1 Å². The molecule has 0 fully saturated rings. The number of phenols is 2. The van der Waals surface area contributed by atoms with Crippen LogP contribution in [0.3, 0.4) is 0 Å². The molecule has 5 heteroatoms. The maximum Gasteiger partial charge on any atom is 0.271 e. The molecule has 3 N–H and O–H groups in total. The fraction of sp³-hybridized carbons (Fsp3) is 0.222. The van der Waals surface area contributed by atoms with Gasteiger partial charge in [-0.1, -0.05) is 32.9 Å². The van der Waals surface area contributed by atoms with Crippen molar-refractivity contribution in [3.05, 3.63) is 59.2 Å². The quantitative estimate of drug-likeness (QED) is 0.601. The topological polar surface area (TPSA) is 81.9 Å². The normalized spacial score (nSPS) is 11.6. The number of hydrogen-bond donors (Lipinski definition) is 3. The van der Waals surface area contributed by atoms with Crippen LogP contribution in [0.1, 0.15) is 42.3 Å². The summed E-state index contributed by atoms with van der Waals surface area (Å²) in [4.78, 5) is 12.0. The van der Waals surface area contributed by atoms with Crippen molar-refractivity contribution in [3.63, 3.8) is 0 Å². The lowest BCUT2D eigenvalue weighted by molar-refractivity contribution is 0.0955. The number of aromatic hydroxyl groups is 2. The Morgan fingerprint density at radius 3 is 2.30 bits per heavy atom. The lowest BCUT2D eigenvalue weighted by atomic mass is 9.87. The van der Waals surface area contributed by atoms with Crippen LogP contribution in [0.5, 0.6) is 11.5 Å². The minimum absolute atomic E-state index is 0.0313. The van der Waals surface area contributed by atoms with Crippen LogP contribution in [0.4, 0.5) is 0 Å². The second-order valence-corrected chi connectivity index (χ2v) is 6.27. The molecule has 0 aliphatic rings. The van der Waals surface area contributed by atoms with E-state index in [2.05, 4.69) is 31.3 Å². The number of nitrogens with one attached hydrogen (secondary N) is 1. The molecular formula is C18H20N2O3. The van der Waals surface area contributed by atoms with Gasteiger partial charge in [0.1, 0.15) is 11.5 Å². The summed E-state index contributed by atoms with van der Waals surface area (Å²) in [6.45, 7) is 6.32. The molecule has 0 saturated carbocycles. The zero-order valence-electron chi connectivity index (χ0n) is 13.4. The Kier molecular flexibility index (Phi) is 4.69. The van der Waals surface area contributed by atoms with Crippen molar-refractivity contribution >= 4 is 12.1 Å². The van der Waals surface area contributed by atoms with Crippen LogP contribution in [0, 0.1) is 0 Å². The summed E-state index contributed by atoms with van der Waals surface area (Å²) in [7, 11) is 0. The maximum atomic E-state index is 12.0. The first kappa shape index (κ1) is 16.5. The van der Waals surface area contributed by atoms with Gasteiger partial charge >= 0.3 is 0 Å². The van der Waals surface area contributed by atoms with Crippen LogP contribution in [-0.4, -0.2) is 22.3 Å². The molecule has 0 saturated heterocycles. The minimum atomic E-state index is -0.333. The Balaban J connectivity index is 2.03. The molecule has 0 spiro atoms. The van der Waals surface area contributed by atoms with E-state index in [-0.39, 0.29) is 22.8 Å². The number of rotatable bonds is 3. The largest absolute Gasteiger partial charge is 0.508 e. The molecule has 2 aromatic carbocycles. The van der Waals surface area contributed by atoms with E-state index < -0.39 is 0 Å². The first-order valence-electron chi connectivity index (χ1n) is 7.23. The SMILES string of the molecule is CC(C)(C)c1ccc(C(=O)N/N=C\c2ccc(O)cc2O)cc1. The predicted molar refractivity (Wildman–Crippen MR) is 90.0 cm³/mol. The van der Waals surface area contributed by atoms with Gasteiger partial charge in [-0.2, -0.15) is 5.10 Å². The van der Waals surface area contributed by atoms with Crippen LogP contribution in [0.15, 0.2) is 47.6 Å². The molecule has 0 aliphatic carbocycles. The zero-order chi connectivity index (χ0) is 17.0. The Hall–Kier alpha value is -2.82. The molecule has 0 bridgehead atoms. The van der Waals surface area contributed by atoms with Gasteiger partial charge in [0, 0.05) is 17.2 Å². The first-order valence-corrected chi connectivity index (χ1v) is 7.23. The summed E-state index contributed by atoms with van der Waals surface area (Å²) < 4.78 is 0. The molecule has 1 amide bonds. The smallest absolute Gasteiger partial charge is 0.271 e. The minimum Gasteiger partial charge on any atom is -0.508 e. The number of hydrogen-bond acceptors (Lipinski definition) is 4. The molecule has 23 heavy (non-hydrogen) atoms. The second-order valence-electron chi connectivity index (χ2n) is 6.27. The number of nitrogens with zero attached hydrogens (tertiary/aromatic N) is 1. The standard InChI is InChI=1S/C18H20N2O3/c1-18(2,3)14-7-4-12(5-8-14)17(23)20-19-11-13-6-9-15(21)10-16(13)22/h4-11,21-22H,1-3H3,(H,20,23)/b19-11-. The third-order valence-corrected chi connectivity index (χ3v) is 3.40. The fourth-order valence-electron chi connectivity index (χ4n) is 1.99. The number of hydrazone groups is 1. The third-order valence-electron chi connectivity index (χ3n) is 3.40. The highest BCUT2D eigenvalue weighted by atomic mass is 16.3. The van der Waals surface area contributed by atoms with Crippen molar-refractivity contribution in [1.82, 2.24) is 5.43 Å². The molecule has 2 rings (SSSR count). The van der Waals surface area contributed by atoms with Crippen molar-refractivity contribution in [2.75, 3.05) is 0 Å². The van der Waals surface area contributed by atoms with Gasteiger partial charge in [0.25, 0.3) is 5.91 Å². The van der Waals surface area contributed by atoms with Gasteiger partial charge in [-0.25, -0.2) is 5.43 Å². The summed E-state index contributed by atoms with van der Waals surface area (Å²) in [6.07, 6.45) is 1.32. The maximum absolute atomic E-state index is 12.0. The second kappa shape index (κ2) is 6.52.